The summed E-state index contributed by atoms with van der Waals surface area (Å²) in [6.07, 6.45) is 6.67. The highest BCUT2D eigenvalue weighted by Gasteiger charge is 2.29. The smallest absolute Gasteiger partial charge is 0.207 e. The van der Waals surface area contributed by atoms with Gasteiger partial charge < -0.3 is 15.0 Å². The molecule has 5 nitrogen and oxygen atoms in total. The highest BCUT2D eigenvalue weighted by Crippen LogP contribution is 2.35. The van der Waals surface area contributed by atoms with Crippen LogP contribution < -0.4 is 10.0 Å². The number of fused-ring (bicyclic) bond motifs is 1. The molecule has 3 aromatic rings. The number of nitrogens with one attached hydrogen (secondary N) is 3. The number of aromatic nitrogens is 1. The number of rotatable bonds is 6. The lowest BCUT2D eigenvalue weighted by Gasteiger charge is -2.24. The maximum atomic E-state index is 15.2. The minimum Gasteiger partial charge on any atom is -0.371 e. The number of sulfone groups is 1. The van der Waals surface area contributed by atoms with Crippen molar-refractivity contribution >= 4 is 48.6 Å². The minimum absolute atomic E-state index is 0.0191. The predicted molar refractivity (Wildman–Crippen MR) is 122 cm³/mol. The fraction of sp³-hybridized carbons (Fsp3) is 0.238. The molecule has 1 atom stereocenters. The van der Waals surface area contributed by atoms with Gasteiger partial charge in [-0.3, -0.25) is 0 Å². The Balaban J connectivity index is 1.85. The summed E-state index contributed by atoms with van der Waals surface area (Å²) in [5, 5.41) is 3.77. The van der Waals surface area contributed by atoms with Crippen molar-refractivity contribution in [2.45, 2.75) is 22.6 Å². The molecule has 30 heavy (non-hydrogen) atoms. The third-order valence-corrected chi connectivity index (χ3v) is 8.01. The van der Waals surface area contributed by atoms with Crippen molar-refractivity contribution in [2.75, 3.05) is 12.8 Å². The van der Waals surface area contributed by atoms with Crippen molar-refractivity contribution in [3.8, 4) is 0 Å². The topological polar surface area (TPSA) is 74.0 Å². The van der Waals surface area contributed by atoms with Crippen LogP contribution in [0, 0.1) is 11.7 Å². The van der Waals surface area contributed by atoms with E-state index in [-0.39, 0.29) is 21.3 Å². The zero-order valence-corrected chi connectivity index (χ0v) is 19.4. The average molecular weight is 510 g/mol. The first-order chi connectivity index (χ1) is 14.4. The van der Waals surface area contributed by atoms with E-state index >= 15 is 4.39 Å². The molecule has 0 amide bonds. The molecule has 2 aromatic carbocycles. The molecule has 1 aliphatic heterocycles. The Morgan fingerprint density at radius 3 is 2.77 bits per heavy atom. The molecule has 0 fully saturated rings. The fourth-order valence-electron chi connectivity index (χ4n) is 3.79. The Bertz CT molecular complexity index is 1210. The normalized spacial score (nSPS) is 16.9. The summed E-state index contributed by atoms with van der Waals surface area (Å²) in [5.74, 6) is 0.386. The van der Waals surface area contributed by atoms with Crippen LogP contribution in [0.3, 0.4) is 0 Å². The van der Waals surface area contributed by atoms with E-state index in [0.717, 1.165) is 23.3 Å². The van der Waals surface area contributed by atoms with E-state index in [1.807, 2.05) is 12.3 Å². The van der Waals surface area contributed by atoms with Crippen LogP contribution in [0.5, 0.6) is 0 Å². The molecule has 0 aliphatic carbocycles. The fourth-order valence-corrected chi connectivity index (χ4v) is 6.11. The van der Waals surface area contributed by atoms with Crippen molar-refractivity contribution in [3.63, 3.8) is 0 Å². The summed E-state index contributed by atoms with van der Waals surface area (Å²) in [4.78, 5) is 3.13. The van der Waals surface area contributed by atoms with Gasteiger partial charge in [-0.05, 0) is 61.2 Å². The van der Waals surface area contributed by atoms with Gasteiger partial charge in [-0.2, -0.15) is 0 Å². The van der Waals surface area contributed by atoms with Crippen LogP contribution in [0.4, 0.5) is 4.39 Å². The Kier molecular flexibility index (Phi) is 6.13. The maximum absolute atomic E-state index is 15.2. The minimum atomic E-state index is -3.92. The van der Waals surface area contributed by atoms with Crippen LogP contribution in [0.1, 0.15) is 12.0 Å². The van der Waals surface area contributed by atoms with Gasteiger partial charge in [0.1, 0.15) is 11.6 Å². The van der Waals surface area contributed by atoms with Gasteiger partial charge in [-0.25, -0.2) is 12.8 Å². The molecule has 0 saturated carbocycles. The average Bonchev–Trinajstić information content (AvgIpc) is 3.16. The molecule has 3 N–H and O–H groups in total. The second kappa shape index (κ2) is 8.64. The molecule has 1 unspecified atom stereocenters. The molecule has 1 aliphatic rings. The number of aromatic amines is 1. The van der Waals surface area contributed by atoms with Crippen molar-refractivity contribution in [2.24, 2.45) is 5.92 Å². The van der Waals surface area contributed by atoms with Gasteiger partial charge in [0, 0.05) is 39.9 Å². The predicted octanol–water partition coefficient (Wildman–Crippen LogP) is 4.76. The van der Waals surface area contributed by atoms with Gasteiger partial charge in [0.2, 0.25) is 9.84 Å². The number of benzene rings is 2. The van der Waals surface area contributed by atoms with Gasteiger partial charge >= 0.3 is 0 Å². The van der Waals surface area contributed by atoms with Gasteiger partial charge in [-0.15, -0.1) is 0 Å². The largest absolute Gasteiger partial charge is 0.371 e. The highest BCUT2D eigenvalue weighted by atomic mass is 79.9. The molecule has 158 valence electrons. The monoisotopic (exact) mass is 509 g/mol. The third kappa shape index (κ3) is 4.10. The zero-order valence-electron chi connectivity index (χ0n) is 16.2. The van der Waals surface area contributed by atoms with E-state index in [0.29, 0.717) is 17.3 Å². The second-order valence-corrected chi connectivity index (χ2v) is 10.5. The number of halogens is 2. The van der Waals surface area contributed by atoms with Crippen molar-refractivity contribution < 1.29 is 12.8 Å². The van der Waals surface area contributed by atoms with Crippen LogP contribution in [-0.4, -0.2) is 26.2 Å². The van der Waals surface area contributed by atoms with Crippen LogP contribution in [0.2, 0.25) is 0 Å². The van der Waals surface area contributed by atoms with E-state index < -0.39 is 15.7 Å². The number of H-pyrrole nitrogens is 1. The molecule has 0 spiro atoms. The molecule has 0 radical (unpaired) electrons. The van der Waals surface area contributed by atoms with Crippen molar-refractivity contribution in [1.29, 1.82) is 0 Å². The Morgan fingerprint density at radius 2 is 2.03 bits per heavy atom. The Labute approximate surface area is 187 Å². The van der Waals surface area contributed by atoms with Crippen molar-refractivity contribution in [1.82, 2.24) is 15.0 Å². The molecule has 0 bridgehead atoms. The number of hydrogen-bond acceptors (Lipinski definition) is 5. The standard InChI is InChI=1S/C21H21BrFN3O2S2/c1-29-26-20-11-13(6-8-25-20)10-17-18(23)12-19-16(7-9-24-19)21(17)30(27,28)15-4-2-14(22)3-5-15/h2-5,7,9,11-13,24-26H,6,8,10H2,1H3. The van der Waals surface area contributed by atoms with E-state index in [2.05, 4.69) is 31.0 Å². The van der Waals surface area contributed by atoms with Crippen LogP contribution in [-0.2, 0) is 16.3 Å². The molecular weight excluding hydrogens is 489 g/mol. The molecule has 1 aromatic heterocycles. The SMILES string of the molecule is CSNC1=CC(Cc2c(F)cc3[nH]ccc3c2S(=O)(=O)c2ccc(Br)cc2)CCN1. The van der Waals surface area contributed by atoms with Crippen LogP contribution >= 0.6 is 27.9 Å². The van der Waals surface area contributed by atoms with Gasteiger partial charge in [0.15, 0.2) is 0 Å². The second-order valence-electron chi connectivity index (χ2n) is 7.13. The lowest BCUT2D eigenvalue weighted by molar-refractivity contribution is 0.501. The number of allylic oxidation sites excluding steroid dienone is 1. The van der Waals surface area contributed by atoms with Crippen LogP contribution in [0.25, 0.3) is 10.9 Å². The van der Waals surface area contributed by atoms with Gasteiger partial charge in [-0.1, -0.05) is 27.9 Å². The van der Waals surface area contributed by atoms with E-state index in [9.17, 15) is 8.42 Å². The first kappa shape index (κ1) is 21.3. The molecule has 2 heterocycles. The molecular formula is C21H21BrFN3O2S2. The van der Waals surface area contributed by atoms with E-state index in [4.69, 9.17) is 0 Å². The lowest BCUT2D eigenvalue weighted by atomic mass is 9.93. The van der Waals surface area contributed by atoms with E-state index in [1.54, 1.807) is 24.4 Å². The first-order valence-corrected chi connectivity index (χ1v) is 12.9. The summed E-state index contributed by atoms with van der Waals surface area (Å²) in [6, 6.07) is 9.52. The van der Waals surface area contributed by atoms with E-state index in [1.165, 1.54) is 30.1 Å². The Hall–Kier alpha value is -1.97. The van der Waals surface area contributed by atoms with Gasteiger partial charge in [0.25, 0.3) is 0 Å². The lowest BCUT2D eigenvalue weighted by Crippen LogP contribution is -2.30. The first-order valence-electron chi connectivity index (χ1n) is 9.44. The van der Waals surface area contributed by atoms with Crippen molar-refractivity contribution in [3.05, 3.63) is 70.3 Å². The quantitative estimate of drug-likeness (QED) is 0.417. The van der Waals surface area contributed by atoms with Gasteiger partial charge in [0.05, 0.1) is 9.79 Å². The summed E-state index contributed by atoms with van der Waals surface area (Å²) in [6.45, 7) is 0.743. The summed E-state index contributed by atoms with van der Waals surface area (Å²) >= 11 is 4.80. The number of hydrogen-bond donors (Lipinski definition) is 3. The molecule has 4 rings (SSSR count). The Morgan fingerprint density at radius 1 is 1.27 bits per heavy atom. The molecule has 9 heteroatoms. The highest BCUT2D eigenvalue weighted by molar-refractivity contribution is 9.10. The van der Waals surface area contributed by atoms with Crippen LogP contribution in [0.15, 0.2) is 68.8 Å². The maximum Gasteiger partial charge on any atom is 0.207 e. The molecule has 0 saturated heterocycles. The zero-order chi connectivity index (χ0) is 21.3. The summed E-state index contributed by atoms with van der Waals surface area (Å²) in [7, 11) is -3.92. The summed E-state index contributed by atoms with van der Waals surface area (Å²) in [5.41, 5.74) is 0.703. The summed E-state index contributed by atoms with van der Waals surface area (Å²) < 4.78 is 46.4. The third-order valence-electron chi connectivity index (χ3n) is 5.16.